The van der Waals surface area contributed by atoms with Crippen LogP contribution < -0.4 is 26.2 Å². The Morgan fingerprint density at radius 1 is 0.338 bits per heavy atom. The van der Waals surface area contributed by atoms with Crippen LogP contribution in [0.15, 0.2) is 188 Å². The van der Waals surface area contributed by atoms with E-state index in [1.807, 2.05) is 11.3 Å². The van der Waals surface area contributed by atoms with Crippen molar-refractivity contribution in [1.29, 1.82) is 0 Å². The fraction of sp³-hybridized carbons (Fsp3) is 0.125. The first kappa shape index (κ1) is 39.7. The van der Waals surface area contributed by atoms with Gasteiger partial charge in [-0.3, -0.25) is 0 Å². The summed E-state index contributed by atoms with van der Waals surface area (Å²) in [6.45, 7) is 14.1. The maximum absolute atomic E-state index is 2.62. The summed E-state index contributed by atoms with van der Waals surface area (Å²) in [7, 11) is 0. The quantitative estimate of drug-likeness (QED) is 0.126. The molecule has 3 heterocycles. The van der Waals surface area contributed by atoms with Crippen LogP contribution in [0.5, 0.6) is 0 Å². The molecule has 2 nitrogen and oxygen atoms in total. The van der Waals surface area contributed by atoms with Crippen LogP contribution in [0, 0.1) is 0 Å². The Morgan fingerprint density at radius 2 is 0.765 bits per heavy atom. The molecule has 12 aromatic rings. The van der Waals surface area contributed by atoms with Gasteiger partial charge < -0.3 is 9.80 Å². The number of nitrogens with zero attached hydrogens (tertiary/aromatic N) is 2. The van der Waals surface area contributed by atoms with E-state index >= 15 is 0 Å². The molecule has 2 aliphatic heterocycles. The molecule has 0 aliphatic carbocycles. The summed E-state index contributed by atoms with van der Waals surface area (Å²) >= 11 is 1.94. The molecule has 0 unspecified atom stereocenters. The van der Waals surface area contributed by atoms with Crippen LogP contribution in [0.4, 0.5) is 33.4 Å². The van der Waals surface area contributed by atoms with E-state index < -0.39 is 0 Å². The van der Waals surface area contributed by atoms with Gasteiger partial charge in [-0.25, -0.2) is 0 Å². The lowest BCUT2D eigenvalue weighted by Gasteiger charge is -2.43. The largest absolute Gasteiger partial charge is 0.311 e. The lowest BCUT2D eigenvalue weighted by atomic mass is 9.33. The van der Waals surface area contributed by atoms with E-state index in [-0.39, 0.29) is 17.5 Å². The van der Waals surface area contributed by atoms with Crippen LogP contribution in [0.2, 0.25) is 0 Å². The van der Waals surface area contributed by atoms with Crippen LogP contribution in [-0.4, -0.2) is 6.71 Å². The molecule has 0 spiro atoms. The Balaban J connectivity index is 1.09. The van der Waals surface area contributed by atoms with Gasteiger partial charge in [0.2, 0.25) is 0 Å². The minimum absolute atomic E-state index is 0.00510. The Kier molecular flexibility index (Phi) is 8.23. The molecule has 0 atom stereocenters. The first-order valence-electron chi connectivity index (χ1n) is 24.1. The van der Waals surface area contributed by atoms with Crippen molar-refractivity contribution >= 4 is 143 Å². The van der Waals surface area contributed by atoms with Crippen LogP contribution in [0.25, 0.3) is 74.7 Å². The summed E-state index contributed by atoms with van der Waals surface area (Å²) < 4.78 is 1.32. The van der Waals surface area contributed by atoms with Gasteiger partial charge in [-0.15, -0.1) is 11.3 Å². The lowest BCUT2D eigenvalue weighted by molar-refractivity contribution is 0.590. The van der Waals surface area contributed by atoms with E-state index in [4.69, 9.17) is 0 Å². The fourth-order valence-electron chi connectivity index (χ4n) is 12.0. The minimum atomic E-state index is -0.0414. The lowest BCUT2D eigenvalue weighted by Crippen LogP contribution is -2.61. The van der Waals surface area contributed by atoms with Crippen LogP contribution in [0.1, 0.15) is 52.7 Å². The summed E-state index contributed by atoms with van der Waals surface area (Å²) in [5.74, 6) is 0. The second kappa shape index (κ2) is 14.1. The van der Waals surface area contributed by atoms with Crippen molar-refractivity contribution in [2.75, 3.05) is 9.80 Å². The third-order valence-electron chi connectivity index (χ3n) is 15.3. The fourth-order valence-corrected chi connectivity index (χ4v) is 13.3. The first-order valence-corrected chi connectivity index (χ1v) is 24.9. The van der Waals surface area contributed by atoms with Crippen molar-refractivity contribution in [3.63, 3.8) is 0 Å². The molecule has 324 valence electrons. The van der Waals surface area contributed by atoms with Gasteiger partial charge >= 0.3 is 0 Å². The second-order valence-electron chi connectivity index (χ2n) is 21.3. The number of rotatable bonds is 2. The molecule has 0 saturated carbocycles. The van der Waals surface area contributed by atoms with Crippen molar-refractivity contribution in [3.05, 3.63) is 199 Å². The zero-order chi connectivity index (χ0) is 45.8. The number of benzene rings is 11. The zero-order valence-electron chi connectivity index (χ0n) is 39.3. The molecule has 11 aromatic carbocycles. The van der Waals surface area contributed by atoms with E-state index in [0.717, 1.165) is 0 Å². The Morgan fingerprint density at radius 3 is 1.26 bits per heavy atom. The van der Waals surface area contributed by atoms with Crippen LogP contribution >= 0.6 is 11.3 Å². The summed E-state index contributed by atoms with van der Waals surface area (Å²) in [4.78, 5) is 5.20. The maximum atomic E-state index is 2.62. The highest BCUT2D eigenvalue weighted by molar-refractivity contribution is 7.26. The van der Waals surface area contributed by atoms with E-state index in [2.05, 4.69) is 239 Å². The topological polar surface area (TPSA) is 6.48 Å². The molecule has 0 radical (unpaired) electrons. The Bertz CT molecular complexity index is 4080. The van der Waals surface area contributed by atoms with Crippen molar-refractivity contribution < 1.29 is 0 Å². The van der Waals surface area contributed by atoms with Crippen molar-refractivity contribution in [2.45, 2.75) is 52.4 Å². The second-order valence-corrected chi connectivity index (χ2v) is 22.3. The molecule has 2 aliphatic rings. The minimum Gasteiger partial charge on any atom is -0.311 e. The standard InChI is InChI=1S/C64H49BN2S/c1-63(2,3)38-27-33-59-54(34-38)60-62(68-59)67(41-29-31-51-47-21-10-8-17-43(47)45-19-12-14-23-49(45)53(51)37-41)58-25-15-24-57-61(58)65(60)55-35-39(64(4,5)6)26-32-56(55)66(57)40-28-30-50-46-20-9-7-16-42(46)44-18-11-13-22-48(44)52(50)36-40/h7-37H,1-6H3. The Labute approximate surface area is 401 Å². The van der Waals surface area contributed by atoms with Gasteiger partial charge in [0.15, 0.2) is 0 Å². The van der Waals surface area contributed by atoms with Crippen LogP contribution in [-0.2, 0) is 10.8 Å². The highest BCUT2D eigenvalue weighted by atomic mass is 32.1. The SMILES string of the molecule is CC(C)(C)c1ccc2c(c1)B1c3c(cccc3N(c3ccc4c5ccccc5c5ccccc5c4c3)c3sc4ccc(C(C)(C)C)cc4c31)N2c1ccc2c3ccccc3c3ccccc3c2c1. The molecule has 0 bridgehead atoms. The third-order valence-corrected chi connectivity index (χ3v) is 16.5. The third kappa shape index (κ3) is 5.58. The molecule has 68 heavy (non-hydrogen) atoms. The summed E-state index contributed by atoms with van der Waals surface area (Å²) in [6, 6.07) is 71.9. The summed E-state index contributed by atoms with van der Waals surface area (Å²) in [5.41, 5.74) is 12.8. The first-order chi connectivity index (χ1) is 33.0. The van der Waals surface area contributed by atoms with E-state index in [9.17, 15) is 0 Å². The number of thiophene rings is 1. The molecule has 1 aromatic heterocycles. The molecular weight excluding hydrogens is 840 g/mol. The van der Waals surface area contributed by atoms with E-state index in [0.29, 0.717) is 0 Å². The van der Waals surface area contributed by atoms with Crippen molar-refractivity contribution in [3.8, 4) is 0 Å². The predicted molar refractivity (Wildman–Crippen MR) is 298 cm³/mol. The molecule has 0 amide bonds. The Hall–Kier alpha value is -7.40. The van der Waals surface area contributed by atoms with Gasteiger partial charge in [0.1, 0.15) is 0 Å². The maximum Gasteiger partial charge on any atom is 0.254 e. The van der Waals surface area contributed by atoms with E-state index in [1.165, 1.54) is 136 Å². The molecule has 0 N–H and O–H groups in total. The van der Waals surface area contributed by atoms with E-state index in [1.54, 1.807) is 0 Å². The smallest absolute Gasteiger partial charge is 0.254 e. The normalized spacial score (nSPS) is 13.6. The highest BCUT2D eigenvalue weighted by Gasteiger charge is 2.45. The molecule has 4 heteroatoms. The van der Waals surface area contributed by atoms with Gasteiger partial charge in [0.05, 0.1) is 5.00 Å². The zero-order valence-corrected chi connectivity index (χ0v) is 40.1. The molecule has 0 saturated heterocycles. The number of hydrogen-bond acceptors (Lipinski definition) is 3. The van der Waals surface area contributed by atoms with Crippen molar-refractivity contribution in [2.24, 2.45) is 0 Å². The highest BCUT2D eigenvalue weighted by Crippen LogP contribution is 2.50. The molecular formula is C64H49BN2S. The number of anilines is 6. The number of hydrogen-bond donors (Lipinski definition) is 0. The van der Waals surface area contributed by atoms with Gasteiger partial charge in [0, 0.05) is 33.1 Å². The van der Waals surface area contributed by atoms with Gasteiger partial charge in [-0.1, -0.05) is 181 Å². The van der Waals surface area contributed by atoms with Crippen molar-refractivity contribution in [1.82, 2.24) is 0 Å². The predicted octanol–water partition coefficient (Wildman–Crippen LogP) is 16.5. The van der Waals surface area contributed by atoms with Gasteiger partial charge in [-0.2, -0.15) is 0 Å². The molecule has 14 rings (SSSR count). The van der Waals surface area contributed by atoms with Gasteiger partial charge in [0.25, 0.3) is 6.71 Å². The molecule has 0 fully saturated rings. The summed E-state index contributed by atoms with van der Waals surface area (Å²) in [5, 5.41) is 18.1. The summed E-state index contributed by atoms with van der Waals surface area (Å²) in [6.07, 6.45) is 0. The van der Waals surface area contributed by atoms with Gasteiger partial charge in [-0.05, 0) is 157 Å². The average Bonchev–Trinajstić information content (AvgIpc) is 3.74. The number of fused-ring (bicyclic) bond motifs is 18. The van der Waals surface area contributed by atoms with Crippen LogP contribution in [0.3, 0.4) is 0 Å². The average molecular weight is 889 g/mol. The monoisotopic (exact) mass is 888 g/mol.